The molecule has 1 aromatic heterocycles. The third kappa shape index (κ3) is 3.22. The molecule has 0 radical (unpaired) electrons. The van der Waals surface area contributed by atoms with Gasteiger partial charge in [0.05, 0.1) is 5.69 Å². The highest BCUT2D eigenvalue weighted by Crippen LogP contribution is 2.24. The number of rotatable bonds is 4. The summed E-state index contributed by atoms with van der Waals surface area (Å²) >= 11 is 0. The smallest absolute Gasteiger partial charge is 0.0564 e. The number of anilines is 1. The lowest BCUT2D eigenvalue weighted by atomic mass is 9.97. The molecule has 18 heavy (non-hydrogen) atoms. The van der Waals surface area contributed by atoms with E-state index >= 15 is 0 Å². The summed E-state index contributed by atoms with van der Waals surface area (Å²) in [6.07, 6.45) is 5.91. The van der Waals surface area contributed by atoms with Crippen LogP contribution in [0.25, 0.3) is 0 Å². The molecule has 3 nitrogen and oxygen atoms in total. The molecular weight excluding hydrogens is 222 g/mol. The van der Waals surface area contributed by atoms with Crippen LogP contribution >= 0.6 is 0 Å². The molecule has 1 aliphatic heterocycles. The third-order valence-electron chi connectivity index (χ3n) is 3.92. The van der Waals surface area contributed by atoms with Crippen LogP contribution in [0.2, 0.25) is 0 Å². The van der Waals surface area contributed by atoms with Gasteiger partial charge in [-0.15, -0.1) is 0 Å². The molecule has 0 spiro atoms. The molecule has 1 saturated heterocycles. The zero-order valence-electron chi connectivity index (χ0n) is 11.8. The Kier molecular flexibility index (Phi) is 4.59. The average Bonchev–Trinajstić information content (AvgIpc) is 2.35. The summed E-state index contributed by atoms with van der Waals surface area (Å²) < 4.78 is 0. The molecule has 1 aliphatic rings. The van der Waals surface area contributed by atoms with Crippen molar-refractivity contribution in [3.8, 4) is 0 Å². The fraction of sp³-hybridized carbons (Fsp3) is 0.667. The molecule has 1 fully saturated rings. The zero-order valence-corrected chi connectivity index (χ0v) is 11.8. The summed E-state index contributed by atoms with van der Waals surface area (Å²) in [6.45, 7) is 8.73. The van der Waals surface area contributed by atoms with Gasteiger partial charge in [-0.05, 0) is 45.7 Å². The van der Waals surface area contributed by atoms with E-state index in [0.29, 0.717) is 12.1 Å². The maximum Gasteiger partial charge on any atom is 0.0564 e. The molecule has 1 aromatic rings. The molecule has 0 amide bonds. The summed E-state index contributed by atoms with van der Waals surface area (Å²) in [6, 6.07) is 5.57. The average molecular weight is 247 g/mol. The van der Waals surface area contributed by atoms with Crippen molar-refractivity contribution in [2.45, 2.75) is 58.7 Å². The maximum absolute atomic E-state index is 4.50. The minimum absolute atomic E-state index is 0.679. The molecule has 2 heterocycles. The van der Waals surface area contributed by atoms with Crippen LogP contribution in [-0.2, 0) is 6.54 Å². The molecule has 0 aromatic carbocycles. The van der Waals surface area contributed by atoms with Crippen LogP contribution in [0.15, 0.2) is 18.3 Å². The van der Waals surface area contributed by atoms with Crippen molar-refractivity contribution in [2.24, 2.45) is 0 Å². The standard InChI is InChI=1S/C15H25N3/c1-4-16-14-8-9-17-15(10-14)11-18-12(2)6-5-7-13(18)3/h8-10,12-13H,4-7,11H2,1-3H3,(H,16,17)/t12-,13+. The molecular formula is C15H25N3. The van der Waals surface area contributed by atoms with Crippen LogP contribution < -0.4 is 5.32 Å². The molecule has 2 rings (SSSR count). The van der Waals surface area contributed by atoms with Gasteiger partial charge in [0.25, 0.3) is 0 Å². The van der Waals surface area contributed by atoms with Crippen molar-refractivity contribution in [3.05, 3.63) is 24.0 Å². The fourth-order valence-electron chi connectivity index (χ4n) is 2.85. The molecule has 100 valence electrons. The van der Waals surface area contributed by atoms with Crippen molar-refractivity contribution in [2.75, 3.05) is 11.9 Å². The Morgan fingerprint density at radius 3 is 2.72 bits per heavy atom. The van der Waals surface area contributed by atoms with Gasteiger partial charge in [0.1, 0.15) is 0 Å². The van der Waals surface area contributed by atoms with Gasteiger partial charge in [0.15, 0.2) is 0 Å². The summed E-state index contributed by atoms with van der Waals surface area (Å²) in [5, 5.41) is 3.35. The quantitative estimate of drug-likeness (QED) is 0.885. The van der Waals surface area contributed by atoms with E-state index in [1.165, 1.54) is 30.6 Å². The van der Waals surface area contributed by atoms with Crippen LogP contribution in [0.1, 0.15) is 45.7 Å². The van der Waals surface area contributed by atoms with Crippen LogP contribution in [-0.4, -0.2) is 28.5 Å². The highest BCUT2D eigenvalue weighted by atomic mass is 15.2. The predicted octanol–water partition coefficient (Wildman–Crippen LogP) is 3.28. The second kappa shape index (κ2) is 6.19. The summed E-state index contributed by atoms with van der Waals surface area (Å²) in [4.78, 5) is 7.09. The molecule has 1 N–H and O–H groups in total. The molecule has 0 unspecified atom stereocenters. The largest absolute Gasteiger partial charge is 0.385 e. The van der Waals surface area contributed by atoms with E-state index in [9.17, 15) is 0 Å². The van der Waals surface area contributed by atoms with E-state index < -0.39 is 0 Å². The Bertz CT molecular complexity index is 368. The fourth-order valence-corrected chi connectivity index (χ4v) is 2.85. The monoisotopic (exact) mass is 247 g/mol. The van der Waals surface area contributed by atoms with Crippen LogP contribution in [0.4, 0.5) is 5.69 Å². The topological polar surface area (TPSA) is 28.2 Å². The number of aromatic nitrogens is 1. The Hall–Kier alpha value is -1.09. The van der Waals surface area contributed by atoms with E-state index in [-0.39, 0.29) is 0 Å². The van der Waals surface area contributed by atoms with E-state index in [2.05, 4.69) is 42.0 Å². The Balaban J connectivity index is 2.05. The summed E-state index contributed by atoms with van der Waals surface area (Å²) in [5.74, 6) is 0. The number of likely N-dealkylation sites (tertiary alicyclic amines) is 1. The Morgan fingerprint density at radius 2 is 2.06 bits per heavy atom. The van der Waals surface area contributed by atoms with Gasteiger partial charge in [-0.1, -0.05) is 6.42 Å². The normalized spacial score (nSPS) is 25.1. The predicted molar refractivity (Wildman–Crippen MR) is 76.7 cm³/mol. The number of nitrogens with one attached hydrogen (secondary N) is 1. The van der Waals surface area contributed by atoms with E-state index in [4.69, 9.17) is 0 Å². The number of piperidine rings is 1. The lowest BCUT2D eigenvalue weighted by Gasteiger charge is -2.38. The molecule has 3 heteroatoms. The van der Waals surface area contributed by atoms with Crippen molar-refractivity contribution in [1.29, 1.82) is 0 Å². The van der Waals surface area contributed by atoms with Crippen LogP contribution in [0.3, 0.4) is 0 Å². The SMILES string of the molecule is CCNc1ccnc(CN2[C@H](C)CCC[C@@H]2C)c1. The minimum Gasteiger partial charge on any atom is -0.385 e. The summed E-state index contributed by atoms with van der Waals surface area (Å²) in [5.41, 5.74) is 2.36. The van der Waals surface area contributed by atoms with Gasteiger partial charge in [0, 0.05) is 37.1 Å². The Labute approximate surface area is 111 Å². The van der Waals surface area contributed by atoms with Crippen molar-refractivity contribution >= 4 is 5.69 Å². The summed E-state index contributed by atoms with van der Waals surface area (Å²) in [7, 11) is 0. The highest BCUT2D eigenvalue weighted by molar-refractivity contribution is 5.42. The number of hydrogen-bond acceptors (Lipinski definition) is 3. The number of nitrogens with zero attached hydrogens (tertiary/aromatic N) is 2. The zero-order chi connectivity index (χ0) is 13.0. The lowest BCUT2D eigenvalue weighted by molar-refractivity contribution is 0.0938. The first-order chi connectivity index (χ1) is 8.70. The second-order valence-electron chi connectivity index (χ2n) is 5.37. The van der Waals surface area contributed by atoms with E-state index in [0.717, 1.165) is 13.1 Å². The lowest BCUT2D eigenvalue weighted by Crippen LogP contribution is -2.43. The van der Waals surface area contributed by atoms with Crippen molar-refractivity contribution < 1.29 is 0 Å². The van der Waals surface area contributed by atoms with Gasteiger partial charge in [0.2, 0.25) is 0 Å². The van der Waals surface area contributed by atoms with Crippen LogP contribution in [0, 0.1) is 0 Å². The minimum atomic E-state index is 0.679. The van der Waals surface area contributed by atoms with Gasteiger partial charge < -0.3 is 5.32 Å². The van der Waals surface area contributed by atoms with Crippen molar-refractivity contribution in [3.63, 3.8) is 0 Å². The number of pyridine rings is 1. The third-order valence-corrected chi connectivity index (χ3v) is 3.92. The molecule has 0 aliphatic carbocycles. The number of hydrogen-bond donors (Lipinski definition) is 1. The van der Waals surface area contributed by atoms with Gasteiger partial charge in [-0.25, -0.2) is 0 Å². The first-order valence-corrected chi connectivity index (χ1v) is 7.15. The molecule has 0 bridgehead atoms. The molecule has 0 saturated carbocycles. The van der Waals surface area contributed by atoms with Gasteiger partial charge >= 0.3 is 0 Å². The molecule has 2 atom stereocenters. The van der Waals surface area contributed by atoms with Gasteiger partial charge in [-0.2, -0.15) is 0 Å². The maximum atomic E-state index is 4.50. The van der Waals surface area contributed by atoms with Gasteiger partial charge in [-0.3, -0.25) is 9.88 Å². The van der Waals surface area contributed by atoms with Crippen LogP contribution in [0.5, 0.6) is 0 Å². The van der Waals surface area contributed by atoms with E-state index in [1.807, 2.05) is 12.3 Å². The van der Waals surface area contributed by atoms with E-state index in [1.54, 1.807) is 0 Å². The highest BCUT2D eigenvalue weighted by Gasteiger charge is 2.24. The Morgan fingerprint density at radius 1 is 1.33 bits per heavy atom. The first-order valence-electron chi connectivity index (χ1n) is 7.15. The first kappa shape index (κ1) is 13.3. The second-order valence-corrected chi connectivity index (χ2v) is 5.37. The van der Waals surface area contributed by atoms with Crippen molar-refractivity contribution in [1.82, 2.24) is 9.88 Å².